The van der Waals surface area contributed by atoms with Gasteiger partial charge in [0.15, 0.2) is 11.6 Å². The van der Waals surface area contributed by atoms with Gasteiger partial charge in [-0.15, -0.1) is 0 Å². The van der Waals surface area contributed by atoms with Gasteiger partial charge in [-0.25, -0.2) is 4.39 Å². The Morgan fingerprint density at radius 1 is 1.18 bits per heavy atom. The first kappa shape index (κ1) is 16.8. The Hall–Kier alpha value is -1.58. The van der Waals surface area contributed by atoms with Crippen LogP contribution in [0, 0.1) is 5.82 Å². The highest BCUT2D eigenvalue weighted by atomic mass is 19.1. The lowest BCUT2D eigenvalue weighted by Gasteiger charge is -2.14. The second-order valence-electron chi connectivity index (χ2n) is 5.95. The third kappa shape index (κ3) is 5.32. The van der Waals surface area contributed by atoms with Crippen molar-refractivity contribution in [2.45, 2.75) is 64.3 Å². The predicted molar refractivity (Wildman–Crippen MR) is 86.9 cm³/mol. The minimum Gasteiger partial charge on any atom is -0.491 e. The fourth-order valence-electron chi connectivity index (χ4n) is 2.94. The van der Waals surface area contributed by atoms with Gasteiger partial charge in [-0.1, -0.05) is 12.8 Å². The van der Waals surface area contributed by atoms with E-state index in [1.54, 1.807) is 6.07 Å². The minimum atomic E-state index is -0.287. The van der Waals surface area contributed by atoms with Gasteiger partial charge in [-0.3, -0.25) is 4.79 Å². The molecule has 3 nitrogen and oxygen atoms in total. The standard InChI is InChI=1S/C13H18FNO.C5H8O/c1-2-16-13-8-7-11(9-12(13)14)15-10-5-3-4-6-10;6-5-3-1-2-4-5/h7-10,15H,2-6H2,1H3;1-4H2. The molecule has 2 aliphatic carbocycles. The number of anilines is 1. The van der Waals surface area contributed by atoms with Crippen molar-refractivity contribution >= 4 is 11.5 Å². The van der Waals surface area contributed by atoms with Gasteiger partial charge >= 0.3 is 0 Å². The van der Waals surface area contributed by atoms with Gasteiger partial charge in [-0.05, 0) is 44.7 Å². The van der Waals surface area contributed by atoms with E-state index in [1.807, 2.05) is 13.0 Å². The normalized spacial score (nSPS) is 18.0. The summed E-state index contributed by atoms with van der Waals surface area (Å²) in [5, 5.41) is 3.36. The maximum absolute atomic E-state index is 13.5. The van der Waals surface area contributed by atoms with E-state index in [1.165, 1.54) is 31.7 Å². The number of nitrogens with one attached hydrogen (secondary N) is 1. The molecule has 0 spiro atoms. The molecule has 0 unspecified atom stereocenters. The molecule has 122 valence electrons. The molecule has 0 heterocycles. The van der Waals surface area contributed by atoms with Crippen LogP contribution in [0.3, 0.4) is 0 Å². The third-order valence-electron chi connectivity index (χ3n) is 4.12. The van der Waals surface area contributed by atoms with Crippen molar-refractivity contribution in [3.05, 3.63) is 24.0 Å². The molecule has 0 radical (unpaired) electrons. The van der Waals surface area contributed by atoms with Crippen LogP contribution in [0.2, 0.25) is 0 Å². The first-order chi connectivity index (χ1) is 10.7. The van der Waals surface area contributed by atoms with E-state index in [0.29, 0.717) is 24.2 Å². The molecule has 2 fully saturated rings. The number of halogens is 1. The lowest BCUT2D eigenvalue weighted by molar-refractivity contribution is -0.117. The van der Waals surface area contributed by atoms with E-state index in [0.717, 1.165) is 31.4 Å². The third-order valence-corrected chi connectivity index (χ3v) is 4.12. The molecule has 0 saturated heterocycles. The second kappa shape index (κ2) is 8.76. The van der Waals surface area contributed by atoms with E-state index in [2.05, 4.69) is 5.32 Å². The summed E-state index contributed by atoms with van der Waals surface area (Å²) in [6.45, 7) is 2.34. The van der Waals surface area contributed by atoms with E-state index in [9.17, 15) is 9.18 Å². The highest BCUT2D eigenvalue weighted by Gasteiger charge is 2.15. The molecule has 1 aromatic rings. The summed E-state index contributed by atoms with van der Waals surface area (Å²) in [6, 6.07) is 5.60. The fourth-order valence-corrected chi connectivity index (χ4v) is 2.94. The van der Waals surface area contributed by atoms with E-state index in [4.69, 9.17) is 4.74 Å². The monoisotopic (exact) mass is 307 g/mol. The molecule has 0 atom stereocenters. The van der Waals surface area contributed by atoms with Crippen LogP contribution in [0.5, 0.6) is 5.75 Å². The Balaban J connectivity index is 0.000000246. The average Bonchev–Trinajstić information content (AvgIpc) is 3.16. The summed E-state index contributed by atoms with van der Waals surface area (Å²) in [7, 11) is 0. The molecular weight excluding hydrogens is 281 g/mol. The maximum Gasteiger partial charge on any atom is 0.167 e. The van der Waals surface area contributed by atoms with Crippen LogP contribution in [0.15, 0.2) is 18.2 Å². The molecule has 22 heavy (non-hydrogen) atoms. The Labute approximate surface area is 132 Å². The number of benzene rings is 1. The lowest BCUT2D eigenvalue weighted by Crippen LogP contribution is -2.14. The lowest BCUT2D eigenvalue weighted by atomic mass is 10.2. The first-order valence-electron chi connectivity index (χ1n) is 8.39. The van der Waals surface area contributed by atoms with Gasteiger partial charge in [0.1, 0.15) is 5.78 Å². The van der Waals surface area contributed by atoms with Crippen molar-refractivity contribution in [2.24, 2.45) is 0 Å². The SMILES string of the molecule is CCOc1ccc(NC2CCCC2)cc1F.O=C1CCCC1. The molecule has 1 aromatic carbocycles. The van der Waals surface area contributed by atoms with Crippen molar-refractivity contribution in [3.63, 3.8) is 0 Å². The number of Topliss-reactive ketones (excluding diaryl/α,β-unsaturated/α-hetero) is 1. The Kier molecular flexibility index (Phi) is 6.69. The van der Waals surface area contributed by atoms with Gasteiger partial charge in [0, 0.05) is 30.6 Å². The van der Waals surface area contributed by atoms with Crippen LogP contribution in [-0.4, -0.2) is 18.4 Å². The first-order valence-corrected chi connectivity index (χ1v) is 8.39. The topological polar surface area (TPSA) is 38.3 Å². The van der Waals surface area contributed by atoms with Gasteiger partial charge in [0.05, 0.1) is 6.61 Å². The predicted octanol–water partition coefficient (Wildman–Crippen LogP) is 4.71. The summed E-state index contributed by atoms with van der Waals surface area (Å²) in [5.41, 5.74) is 0.854. The van der Waals surface area contributed by atoms with Crippen molar-refractivity contribution < 1.29 is 13.9 Å². The van der Waals surface area contributed by atoms with Crippen molar-refractivity contribution in [1.82, 2.24) is 0 Å². The number of carbonyl (C=O) groups is 1. The number of carbonyl (C=O) groups excluding carboxylic acids is 1. The van der Waals surface area contributed by atoms with Crippen LogP contribution in [0.4, 0.5) is 10.1 Å². The van der Waals surface area contributed by atoms with Crippen LogP contribution in [0.25, 0.3) is 0 Å². The zero-order valence-corrected chi connectivity index (χ0v) is 13.4. The van der Waals surface area contributed by atoms with E-state index < -0.39 is 0 Å². The minimum absolute atomic E-state index is 0.287. The molecule has 1 N–H and O–H groups in total. The van der Waals surface area contributed by atoms with Gasteiger partial charge in [0.2, 0.25) is 0 Å². The van der Waals surface area contributed by atoms with E-state index >= 15 is 0 Å². The number of ketones is 1. The van der Waals surface area contributed by atoms with Gasteiger partial charge in [0.25, 0.3) is 0 Å². The number of ether oxygens (including phenoxy) is 1. The fraction of sp³-hybridized carbons (Fsp3) is 0.611. The average molecular weight is 307 g/mol. The molecule has 2 saturated carbocycles. The molecule has 4 heteroatoms. The second-order valence-corrected chi connectivity index (χ2v) is 5.95. The molecule has 2 aliphatic rings. The summed E-state index contributed by atoms with van der Waals surface area (Å²) in [4.78, 5) is 10.2. The summed E-state index contributed by atoms with van der Waals surface area (Å²) in [5.74, 6) is 0.499. The molecule has 0 amide bonds. The summed E-state index contributed by atoms with van der Waals surface area (Å²) in [6.07, 6.45) is 8.90. The van der Waals surface area contributed by atoms with E-state index in [-0.39, 0.29) is 5.82 Å². The van der Waals surface area contributed by atoms with Crippen molar-refractivity contribution in [1.29, 1.82) is 0 Å². The Morgan fingerprint density at radius 2 is 1.86 bits per heavy atom. The number of hydrogen-bond acceptors (Lipinski definition) is 3. The molecule has 0 bridgehead atoms. The Bertz CT molecular complexity index is 476. The summed E-state index contributed by atoms with van der Waals surface area (Å²) >= 11 is 0. The number of hydrogen-bond donors (Lipinski definition) is 1. The zero-order chi connectivity index (χ0) is 15.8. The Morgan fingerprint density at radius 3 is 2.36 bits per heavy atom. The quantitative estimate of drug-likeness (QED) is 0.875. The largest absolute Gasteiger partial charge is 0.491 e. The van der Waals surface area contributed by atoms with Gasteiger partial charge < -0.3 is 10.1 Å². The molecule has 3 rings (SSSR count). The molecule has 0 aromatic heterocycles. The van der Waals surface area contributed by atoms with Crippen molar-refractivity contribution in [2.75, 3.05) is 11.9 Å². The zero-order valence-electron chi connectivity index (χ0n) is 13.4. The summed E-state index contributed by atoms with van der Waals surface area (Å²) < 4.78 is 18.7. The maximum atomic E-state index is 13.5. The number of rotatable bonds is 4. The van der Waals surface area contributed by atoms with Crippen LogP contribution >= 0.6 is 0 Å². The molecule has 0 aliphatic heterocycles. The van der Waals surface area contributed by atoms with Crippen LogP contribution < -0.4 is 10.1 Å². The highest BCUT2D eigenvalue weighted by molar-refractivity contribution is 5.80. The highest BCUT2D eigenvalue weighted by Crippen LogP contribution is 2.25. The van der Waals surface area contributed by atoms with Crippen LogP contribution in [-0.2, 0) is 4.79 Å². The van der Waals surface area contributed by atoms with Crippen molar-refractivity contribution in [3.8, 4) is 5.75 Å². The molecular formula is C18H26FNO2. The smallest absolute Gasteiger partial charge is 0.167 e. The van der Waals surface area contributed by atoms with Crippen LogP contribution in [0.1, 0.15) is 58.3 Å². The van der Waals surface area contributed by atoms with Gasteiger partial charge in [-0.2, -0.15) is 0 Å².